The lowest BCUT2D eigenvalue weighted by molar-refractivity contribution is 0.419. The van der Waals surface area contributed by atoms with Crippen LogP contribution < -0.4 is 10.3 Å². The molecule has 4 nitrogen and oxygen atoms in total. The first-order valence-corrected chi connectivity index (χ1v) is 4.72. The summed E-state index contributed by atoms with van der Waals surface area (Å²) in [5.74, 6) is 0.540. The number of H-pyrrole nitrogens is 1. The number of hydrogen-bond acceptors (Lipinski definition) is 3. The SMILES string of the molecule is COc1cc(Br)cc2cn[nH]c(=O)c12. The summed E-state index contributed by atoms with van der Waals surface area (Å²) in [6.07, 6.45) is 1.59. The maximum absolute atomic E-state index is 11.5. The lowest BCUT2D eigenvalue weighted by Gasteiger charge is -2.04. The van der Waals surface area contributed by atoms with E-state index in [1.54, 1.807) is 12.3 Å². The zero-order valence-electron chi connectivity index (χ0n) is 7.37. The molecule has 0 aliphatic carbocycles. The van der Waals surface area contributed by atoms with Gasteiger partial charge in [-0.2, -0.15) is 5.10 Å². The highest BCUT2D eigenvalue weighted by atomic mass is 79.9. The lowest BCUT2D eigenvalue weighted by Crippen LogP contribution is -2.08. The number of ether oxygens (including phenoxy) is 1. The monoisotopic (exact) mass is 254 g/mol. The minimum absolute atomic E-state index is 0.244. The van der Waals surface area contributed by atoms with Crippen LogP contribution in [0, 0.1) is 0 Å². The van der Waals surface area contributed by atoms with Gasteiger partial charge in [0.25, 0.3) is 5.56 Å². The second-order valence-electron chi connectivity index (χ2n) is 2.77. The number of nitrogens with zero attached hydrogens (tertiary/aromatic N) is 1. The third-order valence-electron chi connectivity index (χ3n) is 1.91. The molecule has 1 aromatic heterocycles. The summed E-state index contributed by atoms with van der Waals surface area (Å²) < 4.78 is 5.97. The van der Waals surface area contributed by atoms with E-state index in [2.05, 4.69) is 26.1 Å². The quantitative estimate of drug-likeness (QED) is 0.843. The molecule has 0 saturated carbocycles. The minimum atomic E-state index is -0.244. The number of aromatic amines is 1. The van der Waals surface area contributed by atoms with Crippen LogP contribution in [0.4, 0.5) is 0 Å². The van der Waals surface area contributed by atoms with Gasteiger partial charge in [-0.25, -0.2) is 5.10 Å². The average molecular weight is 255 g/mol. The Morgan fingerprint density at radius 2 is 2.29 bits per heavy atom. The van der Waals surface area contributed by atoms with Crippen molar-refractivity contribution < 1.29 is 4.74 Å². The van der Waals surface area contributed by atoms with Crippen LogP contribution in [0.15, 0.2) is 27.6 Å². The molecule has 0 unspecified atom stereocenters. The van der Waals surface area contributed by atoms with Crippen LogP contribution in [0.2, 0.25) is 0 Å². The van der Waals surface area contributed by atoms with Crippen LogP contribution in [0.25, 0.3) is 10.8 Å². The molecular weight excluding hydrogens is 248 g/mol. The Hall–Kier alpha value is -1.36. The number of methoxy groups -OCH3 is 1. The molecule has 0 bridgehead atoms. The zero-order chi connectivity index (χ0) is 10.1. The van der Waals surface area contributed by atoms with Crippen molar-refractivity contribution >= 4 is 26.7 Å². The molecule has 0 atom stereocenters. The third kappa shape index (κ3) is 1.39. The molecule has 0 radical (unpaired) electrons. The van der Waals surface area contributed by atoms with Crippen molar-refractivity contribution in [1.82, 2.24) is 10.2 Å². The molecule has 0 amide bonds. The standard InChI is InChI=1S/C9H7BrN2O2/c1-14-7-3-6(10)2-5-4-11-12-9(13)8(5)7/h2-4H,1H3,(H,12,13). The highest BCUT2D eigenvalue weighted by Gasteiger charge is 2.06. The first kappa shape index (κ1) is 9.21. The number of aromatic nitrogens is 2. The molecule has 0 spiro atoms. The Labute approximate surface area is 88.0 Å². The Balaban J connectivity index is 2.96. The van der Waals surface area contributed by atoms with E-state index in [-0.39, 0.29) is 5.56 Å². The van der Waals surface area contributed by atoms with Gasteiger partial charge in [0.1, 0.15) is 5.75 Å². The van der Waals surface area contributed by atoms with E-state index in [0.717, 1.165) is 9.86 Å². The molecular formula is C9H7BrN2O2. The number of fused-ring (bicyclic) bond motifs is 1. The van der Waals surface area contributed by atoms with E-state index in [0.29, 0.717) is 11.1 Å². The highest BCUT2D eigenvalue weighted by Crippen LogP contribution is 2.26. The van der Waals surface area contributed by atoms with Crippen molar-refractivity contribution in [2.45, 2.75) is 0 Å². The van der Waals surface area contributed by atoms with E-state index < -0.39 is 0 Å². The molecule has 0 aliphatic heterocycles. The Kier molecular flexibility index (Phi) is 2.25. The van der Waals surface area contributed by atoms with Crippen molar-refractivity contribution in [2.24, 2.45) is 0 Å². The molecule has 0 aliphatic rings. The van der Waals surface area contributed by atoms with Crippen molar-refractivity contribution in [3.63, 3.8) is 0 Å². The van der Waals surface area contributed by atoms with E-state index in [1.165, 1.54) is 7.11 Å². The maximum Gasteiger partial charge on any atom is 0.275 e. The van der Waals surface area contributed by atoms with Crippen molar-refractivity contribution in [3.05, 3.63) is 33.2 Å². The molecule has 0 fully saturated rings. The van der Waals surface area contributed by atoms with Crippen molar-refractivity contribution in [3.8, 4) is 5.75 Å². The first-order valence-electron chi connectivity index (χ1n) is 3.93. The van der Waals surface area contributed by atoms with Gasteiger partial charge in [0.2, 0.25) is 0 Å². The van der Waals surface area contributed by atoms with Gasteiger partial charge in [-0.1, -0.05) is 15.9 Å². The first-order chi connectivity index (χ1) is 6.72. The molecule has 72 valence electrons. The predicted octanol–water partition coefficient (Wildman–Crippen LogP) is 1.69. The maximum atomic E-state index is 11.5. The van der Waals surface area contributed by atoms with Crippen LogP contribution in [0.5, 0.6) is 5.75 Å². The van der Waals surface area contributed by atoms with Gasteiger partial charge in [-0.3, -0.25) is 4.79 Å². The fraction of sp³-hybridized carbons (Fsp3) is 0.111. The fourth-order valence-electron chi connectivity index (χ4n) is 1.32. The lowest BCUT2D eigenvalue weighted by atomic mass is 10.2. The number of nitrogens with one attached hydrogen (secondary N) is 1. The van der Waals surface area contributed by atoms with Crippen molar-refractivity contribution in [1.29, 1.82) is 0 Å². The van der Waals surface area contributed by atoms with E-state index >= 15 is 0 Å². The van der Waals surface area contributed by atoms with Gasteiger partial charge < -0.3 is 4.74 Å². The highest BCUT2D eigenvalue weighted by molar-refractivity contribution is 9.10. The predicted molar refractivity (Wildman–Crippen MR) is 56.6 cm³/mol. The molecule has 0 saturated heterocycles. The summed E-state index contributed by atoms with van der Waals surface area (Å²) in [7, 11) is 1.53. The molecule has 1 aromatic carbocycles. The normalized spacial score (nSPS) is 10.4. The summed E-state index contributed by atoms with van der Waals surface area (Å²) in [6.45, 7) is 0. The van der Waals surface area contributed by atoms with Gasteiger partial charge >= 0.3 is 0 Å². The number of hydrogen-bond donors (Lipinski definition) is 1. The van der Waals surface area contributed by atoms with Crippen LogP contribution in [-0.2, 0) is 0 Å². The molecule has 1 N–H and O–H groups in total. The summed E-state index contributed by atoms with van der Waals surface area (Å²) >= 11 is 3.33. The van der Waals surface area contributed by atoms with E-state index in [4.69, 9.17) is 4.74 Å². The Morgan fingerprint density at radius 3 is 3.00 bits per heavy atom. The van der Waals surface area contributed by atoms with Crippen molar-refractivity contribution in [2.75, 3.05) is 7.11 Å². The van der Waals surface area contributed by atoms with E-state index in [1.807, 2.05) is 6.07 Å². The van der Waals surface area contributed by atoms with Gasteiger partial charge in [-0.05, 0) is 12.1 Å². The Morgan fingerprint density at radius 1 is 1.50 bits per heavy atom. The smallest absolute Gasteiger partial charge is 0.275 e. The molecule has 5 heteroatoms. The molecule has 1 heterocycles. The second-order valence-corrected chi connectivity index (χ2v) is 3.69. The summed E-state index contributed by atoms with van der Waals surface area (Å²) in [5, 5.41) is 7.35. The van der Waals surface area contributed by atoms with Gasteiger partial charge in [-0.15, -0.1) is 0 Å². The van der Waals surface area contributed by atoms with Gasteiger partial charge in [0, 0.05) is 9.86 Å². The Bertz CT molecular complexity index is 536. The minimum Gasteiger partial charge on any atom is -0.496 e. The summed E-state index contributed by atoms with van der Waals surface area (Å²) in [5.41, 5.74) is -0.244. The molecule has 2 aromatic rings. The average Bonchev–Trinajstić information content (AvgIpc) is 2.16. The molecule has 14 heavy (non-hydrogen) atoms. The second kappa shape index (κ2) is 3.42. The summed E-state index contributed by atoms with van der Waals surface area (Å²) in [4.78, 5) is 11.5. The van der Waals surface area contributed by atoms with E-state index in [9.17, 15) is 4.79 Å². The van der Waals surface area contributed by atoms with Crippen LogP contribution in [-0.4, -0.2) is 17.3 Å². The third-order valence-corrected chi connectivity index (χ3v) is 2.37. The van der Waals surface area contributed by atoms with Crippen LogP contribution in [0.1, 0.15) is 0 Å². The number of rotatable bonds is 1. The zero-order valence-corrected chi connectivity index (χ0v) is 8.96. The molecule has 2 rings (SSSR count). The van der Waals surface area contributed by atoms with Gasteiger partial charge in [0.15, 0.2) is 0 Å². The fourth-order valence-corrected chi connectivity index (χ4v) is 1.78. The number of halogens is 1. The number of benzene rings is 1. The van der Waals surface area contributed by atoms with Gasteiger partial charge in [0.05, 0.1) is 18.7 Å². The van der Waals surface area contributed by atoms with Crippen LogP contribution >= 0.6 is 15.9 Å². The largest absolute Gasteiger partial charge is 0.496 e. The summed E-state index contributed by atoms with van der Waals surface area (Å²) in [6, 6.07) is 3.57. The van der Waals surface area contributed by atoms with Crippen LogP contribution in [0.3, 0.4) is 0 Å². The topological polar surface area (TPSA) is 55.0 Å².